The molecule has 0 saturated carbocycles. The minimum atomic E-state index is -0.184. The fraction of sp³-hybridized carbons (Fsp3) is 0. The summed E-state index contributed by atoms with van der Waals surface area (Å²) in [5.41, 5.74) is 8.91. The molecule has 0 amide bonds. The maximum atomic E-state index is 13.3. The predicted octanol–water partition coefficient (Wildman–Crippen LogP) is 13.9. The summed E-state index contributed by atoms with van der Waals surface area (Å²) >= 11 is 7.08. The van der Waals surface area contributed by atoms with Gasteiger partial charge in [-0.15, -0.1) is 0 Å². The maximum absolute atomic E-state index is 13.3. The summed E-state index contributed by atoms with van der Waals surface area (Å²) in [6.07, 6.45) is 6.70. The van der Waals surface area contributed by atoms with E-state index in [4.69, 9.17) is 0 Å². The standard InChI is InChI=1S/C48H34Br2N2O2/c49-45-34-44(48(54)32-26-36-23-29-42(30-24-36)52(39-17-9-3-10-18-39)40-19-11-4-12-20-40)46(50)33-43(45)47(53)31-25-35-21-27-41(28-22-35)51(37-13-5-1-6-14-37)38-15-7-2-8-16-38/h1-34H/b31-25+,32-26+. The van der Waals surface area contributed by atoms with Crippen molar-refractivity contribution in [3.8, 4) is 0 Å². The Hall–Kier alpha value is -6.08. The molecule has 0 saturated heterocycles. The van der Waals surface area contributed by atoms with Gasteiger partial charge in [-0.3, -0.25) is 9.59 Å². The maximum Gasteiger partial charge on any atom is 0.187 e. The van der Waals surface area contributed by atoms with E-state index in [2.05, 4.69) is 90.2 Å². The monoisotopic (exact) mass is 828 g/mol. The Morgan fingerprint density at radius 2 is 0.630 bits per heavy atom. The Morgan fingerprint density at radius 3 is 0.907 bits per heavy atom. The fourth-order valence-electron chi connectivity index (χ4n) is 6.12. The number of anilines is 6. The zero-order valence-electron chi connectivity index (χ0n) is 29.1. The van der Waals surface area contributed by atoms with Crippen LogP contribution in [0.4, 0.5) is 34.1 Å². The molecule has 4 nitrogen and oxygen atoms in total. The van der Waals surface area contributed by atoms with Gasteiger partial charge in [0, 0.05) is 54.2 Å². The van der Waals surface area contributed by atoms with Crippen LogP contribution in [-0.4, -0.2) is 11.6 Å². The van der Waals surface area contributed by atoms with Gasteiger partial charge >= 0.3 is 0 Å². The molecule has 7 aromatic rings. The number of carbonyl (C=O) groups is 2. The van der Waals surface area contributed by atoms with E-state index in [9.17, 15) is 9.59 Å². The first kappa shape index (κ1) is 36.3. The number of nitrogens with zero attached hydrogens (tertiary/aromatic N) is 2. The average molecular weight is 831 g/mol. The van der Waals surface area contributed by atoms with E-state index in [1.165, 1.54) is 0 Å². The third kappa shape index (κ3) is 8.58. The van der Waals surface area contributed by atoms with Crippen molar-refractivity contribution in [1.29, 1.82) is 0 Å². The number of halogens is 2. The van der Waals surface area contributed by atoms with Crippen molar-refractivity contribution in [2.45, 2.75) is 0 Å². The fourth-order valence-corrected chi connectivity index (χ4v) is 7.20. The largest absolute Gasteiger partial charge is 0.311 e. The first-order chi connectivity index (χ1) is 26.4. The second-order valence-corrected chi connectivity index (χ2v) is 14.1. The summed E-state index contributed by atoms with van der Waals surface area (Å²) in [6.45, 7) is 0. The Labute approximate surface area is 332 Å². The summed E-state index contributed by atoms with van der Waals surface area (Å²) in [6, 6.07) is 60.4. The molecule has 0 radical (unpaired) electrons. The van der Waals surface area contributed by atoms with E-state index in [1.807, 2.05) is 121 Å². The van der Waals surface area contributed by atoms with Gasteiger partial charge in [0.15, 0.2) is 11.6 Å². The quantitative estimate of drug-likeness (QED) is 0.0908. The molecule has 0 N–H and O–H groups in total. The first-order valence-electron chi connectivity index (χ1n) is 17.4. The van der Waals surface area contributed by atoms with Crippen molar-refractivity contribution in [3.63, 3.8) is 0 Å². The van der Waals surface area contributed by atoms with Gasteiger partial charge in [0.25, 0.3) is 0 Å². The normalized spacial score (nSPS) is 11.1. The first-order valence-corrected chi connectivity index (χ1v) is 19.0. The minimum Gasteiger partial charge on any atom is -0.311 e. The van der Waals surface area contributed by atoms with E-state index in [1.54, 1.807) is 36.4 Å². The number of hydrogen-bond donors (Lipinski definition) is 0. The lowest BCUT2D eigenvalue weighted by Crippen LogP contribution is -2.09. The third-order valence-corrected chi connectivity index (χ3v) is 10.1. The highest BCUT2D eigenvalue weighted by atomic mass is 79.9. The lowest BCUT2D eigenvalue weighted by Gasteiger charge is -2.25. The molecule has 54 heavy (non-hydrogen) atoms. The summed E-state index contributed by atoms with van der Waals surface area (Å²) in [4.78, 5) is 31.0. The van der Waals surface area contributed by atoms with Crippen LogP contribution in [0.2, 0.25) is 0 Å². The highest BCUT2D eigenvalue weighted by molar-refractivity contribution is 9.11. The van der Waals surface area contributed by atoms with Crippen molar-refractivity contribution in [2.24, 2.45) is 0 Å². The number of allylic oxidation sites excluding steroid dienone is 2. The van der Waals surface area contributed by atoms with Gasteiger partial charge < -0.3 is 9.80 Å². The van der Waals surface area contributed by atoms with Crippen molar-refractivity contribution in [1.82, 2.24) is 0 Å². The molecule has 0 unspecified atom stereocenters. The van der Waals surface area contributed by atoms with Gasteiger partial charge in [0.1, 0.15) is 0 Å². The molecule has 0 aromatic heterocycles. The van der Waals surface area contributed by atoms with Crippen molar-refractivity contribution in [2.75, 3.05) is 9.80 Å². The van der Waals surface area contributed by atoms with E-state index >= 15 is 0 Å². The molecule has 0 spiro atoms. The second-order valence-electron chi connectivity index (χ2n) is 12.4. The lowest BCUT2D eigenvalue weighted by atomic mass is 10.0. The van der Waals surface area contributed by atoms with Gasteiger partial charge in [-0.25, -0.2) is 0 Å². The predicted molar refractivity (Wildman–Crippen MR) is 231 cm³/mol. The summed E-state index contributed by atoms with van der Waals surface area (Å²) in [5.74, 6) is -0.368. The zero-order valence-corrected chi connectivity index (χ0v) is 32.3. The molecule has 0 bridgehead atoms. The van der Waals surface area contributed by atoms with Gasteiger partial charge in [-0.1, -0.05) is 141 Å². The summed E-state index contributed by atoms with van der Waals surface area (Å²) in [5, 5.41) is 0. The molecule has 0 aliphatic rings. The molecule has 0 fully saturated rings. The van der Waals surface area contributed by atoms with E-state index in [-0.39, 0.29) is 11.6 Å². The zero-order chi connectivity index (χ0) is 37.3. The van der Waals surface area contributed by atoms with Crippen LogP contribution in [-0.2, 0) is 0 Å². The summed E-state index contributed by atoms with van der Waals surface area (Å²) < 4.78 is 1.08. The van der Waals surface area contributed by atoms with Crippen LogP contribution in [0.1, 0.15) is 31.8 Å². The van der Waals surface area contributed by atoms with Crippen LogP contribution in [0.25, 0.3) is 12.2 Å². The Kier molecular flexibility index (Phi) is 11.5. The molecule has 0 atom stereocenters. The number of carbonyl (C=O) groups excluding carboxylic acids is 2. The number of rotatable bonds is 12. The van der Waals surface area contributed by atoms with E-state index < -0.39 is 0 Å². The topological polar surface area (TPSA) is 40.6 Å². The van der Waals surface area contributed by atoms with Crippen LogP contribution in [0.5, 0.6) is 0 Å². The lowest BCUT2D eigenvalue weighted by molar-refractivity contribution is 0.103. The molecule has 262 valence electrons. The average Bonchev–Trinajstić information content (AvgIpc) is 3.22. The number of ketones is 2. The Balaban J connectivity index is 1.03. The molecule has 7 aromatic carbocycles. The van der Waals surface area contributed by atoms with Crippen LogP contribution in [0.15, 0.2) is 203 Å². The molecule has 0 aliphatic carbocycles. The van der Waals surface area contributed by atoms with Crippen molar-refractivity contribution < 1.29 is 9.59 Å². The highest BCUT2D eigenvalue weighted by Crippen LogP contribution is 2.36. The Morgan fingerprint density at radius 1 is 0.370 bits per heavy atom. The van der Waals surface area contributed by atoms with E-state index in [0.717, 1.165) is 45.3 Å². The number of para-hydroxylation sites is 4. The molecular weight excluding hydrogens is 796 g/mol. The Bertz CT molecular complexity index is 2160. The van der Waals surface area contributed by atoms with Gasteiger partial charge in [0.05, 0.1) is 0 Å². The SMILES string of the molecule is O=C(/C=C/c1ccc(N(c2ccccc2)c2ccccc2)cc1)c1cc(Br)c(C(=O)/C=C/c2ccc(N(c3ccccc3)c3ccccc3)cc2)cc1Br. The van der Waals surface area contributed by atoms with Crippen LogP contribution >= 0.6 is 31.9 Å². The van der Waals surface area contributed by atoms with Crippen LogP contribution in [0.3, 0.4) is 0 Å². The van der Waals surface area contributed by atoms with Crippen molar-refractivity contribution in [3.05, 3.63) is 225 Å². The molecule has 6 heteroatoms. The highest BCUT2D eigenvalue weighted by Gasteiger charge is 2.16. The molecule has 7 rings (SSSR count). The molecular formula is C48H34Br2N2O2. The molecule has 0 aliphatic heterocycles. The van der Waals surface area contributed by atoms with Crippen LogP contribution in [0, 0.1) is 0 Å². The van der Waals surface area contributed by atoms with Gasteiger partial charge in [-0.05, 0) is 108 Å². The van der Waals surface area contributed by atoms with Gasteiger partial charge in [-0.2, -0.15) is 0 Å². The van der Waals surface area contributed by atoms with E-state index in [0.29, 0.717) is 20.1 Å². The minimum absolute atomic E-state index is 0.184. The second kappa shape index (κ2) is 17.2. The molecule has 0 heterocycles. The number of benzene rings is 7. The van der Waals surface area contributed by atoms with Crippen LogP contribution < -0.4 is 9.80 Å². The van der Waals surface area contributed by atoms with Gasteiger partial charge in [0.2, 0.25) is 0 Å². The summed E-state index contributed by atoms with van der Waals surface area (Å²) in [7, 11) is 0. The third-order valence-electron chi connectivity index (χ3n) is 8.80. The van der Waals surface area contributed by atoms with Crippen molar-refractivity contribution >= 4 is 89.7 Å². The smallest absolute Gasteiger partial charge is 0.187 e. The number of hydrogen-bond acceptors (Lipinski definition) is 4.